The number of ketones is 2. The average molecular weight is 613 g/mol. The topological polar surface area (TPSA) is 295 Å². The van der Waals surface area contributed by atoms with E-state index in [1.807, 2.05) is 0 Å². The van der Waals surface area contributed by atoms with Gasteiger partial charge in [-0.25, -0.2) is 0 Å². The van der Waals surface area contributed by atoms with Crippen molar-refractivity contribution in [2.45, 2.75) is 66.6 Å². The maximum Gasteiger partial charge on any atom is 0.219 e. The van der Waals surface area contributed by atoms with Crippen molar-refractivity contribution in [3.63, 3.8) is 0 Å². The van der Waals surface area contributed by atoms with Gasteiger partial charge in [0.2, 0.25) is 17.2 Å². The zero-order valence-corrected chi connectivity index (χ0v) is 22.2. The lowest BCUT2D eigenvalue weighted by molar-refractivity contribution is -0.261. The number of aromatic hydroxyl groups is 1. The van der Waals surface area contributed by atoms with Crippen LogP contribution in [0, 0.1) is 0 Å². The number of phenols is 1. The van der Waals surface area contributed by atoms with Crippen molar-refractivity contribution in [1.29, 1.82) is 0 Å². The van der Waals surface area contributed by atoms with Crippen LogP contribution < -0.4 is 0 Å². The van der Waals surface area contributed by atoms with E-state index in [0.29, 0.717) is 5.56 Å². The summed E-state index contributed by atoms with van der Waals surface area (Å²) in [5.74, 6) is -6.12. The quantitative estimate of drug-likeness (QED) is 0.0820. The van der Waals surface area contributed by atoms with Gasteiger partial charge in [0.1, 0.15) is 83.9 Å². The predicted octanol–water partition coefficient (Wildman–Crippen LogP) is -4.40. The minimum atomic E-state index is -3.63. The van der Waals surface area contributed by atoms with Gasteiger partial charge in [-0.15, -0.1) is 0 Å². The number of phenolic OH excluding ortho intramolecular Hbond substituents is 1. The number of rotatable bonds is 6. The summed E-state index contributed by atoms with van der Waals surface area (Å²) >= 11 is 0. The molecule has 11 atom stereocenters. The molecule has 43 heavy (non-hydrogen) atoms. The summed E-state index contributed by atoms with van der Waals surface area (Å²) in [5.41, 5.74) is -5.62. The van der Waals surface area contributed by atoms with Crippen LogP contribution in [0.15, 0.2) is 53.0 Å². The van der Waals surface area contributed by atoms with Crippen LogP contribution in [0.2, 0.25) is 0 Å². The van der Waals surface area contributed by atoms with Crippen molar-refractivity contribution in [2.24, 2.45) is 0 Å². The summed E-state index contributed by atoms with van der Waals surface area (Å²) in [5, 5.41) is 125. The number of allylic oxidation sites excluding steroid dienone is 2. The van der Waals surface area contributed by atoms with Crippen molar-refractivity contribution >= 4 is 17.6 Å². The monoisotopic (exact) mass is 612 g/mol. The summed E-state index contributed by atoms with van der Waals surface area (Å²) in [6, 6.07) is 5.38. The molecule has 2 saturated heterocycles. The van der Waals surface area contributed by atoms with Gasteiger partial charge in [-0.05, 0) is 23.8 Å². The molecule has 2 aliphatic heterocycles. The number of aliphatic hydroxyl groups is 11. The van der Waals surface area contributed by atoms with Crippen LogP contribution in [-0.4, -0.2) is 153 Å². The van der Waals surface area contributed by atoms with Gasteiger partial charge in [0.25, 0.3) is 0 Å². The SMILES string of the molecule is O=C1C(=C(O)/C=C\c2ccc(O)cc2)C(O)=C([C@H]2O[C@@H](CO)[C@@H](O)[C@@H](O)[C@@H]2O)C(=O)[C@]1(O)[C@@H]1O[C@@H](CO)[C@@H](O)[C@@H](O)[C@H]1O. The van der Waals surface area contributed by atoms with Gasteiger partial charge >= 0.3 is 0 Å². The van der Waals surface area contributed by atoms with Gasteiger partial charge in [-0.1, -0.05) is 18.2 Å². The molecule has 3 aliphatic rings. The van der Waals surface area contributed by atoms with Crippen LogP contribution in [0.5, 0.6) is 5.75 Å². The van der Waals surface area contributed by atoms with E-state index < -0.39 is 114 Å². The molecule has 4 rings (SSSR count). The standard InChI is InChI=1S/C27H32O16/c28-7-12-16(32)19(35)21(37)23(42-12)15-18(34)14(11(31)6-3-9-1-4-10(30)5-2-9)24(39)27(41,25(15)40)26-22(38)20(36)17(33)13(8-29)43-26/h1-6,12-13,16-17,19-23,26,28-38,41H,7-8H2/b6-3-,14-11?/t12-,13-,16+,17+,19+,20+,21-,22+,23+,26+,27-/m0/s1. The molecule has 2 heterocycles. The number of hydrogen-bond acceptors (Lipinski definition) is 16. The molecule has 12 N–H and O–H groups in total. The summed E-state index contributed by atoms with van der Waals surface area (Å²) in [6.07, 6.45) is -18.7. The number of carbonyl (C=O) groups excluding carboxylic acids is 2. The molecule has 1 aromatic carbocycles. The first-order valence-electron chi connectivity index (χ1n) is 13.0. The Balaban J connectivity index is 1.92. The second kappa shape index (κ2) is 12.4. The predicted molar refractivity (Wildman–Crippen MR) is 139 cm³/mol. The van der Waals surface area contributed by atoms with E-state index in [1.54, 1.807) is 0 Å². The smallest absolute Gasteiger partial charge is 0.219 e. The minimum Gasteiger partial charge on any atom is -0.508 e. The van der Waals surface area contributed by atoms with Crippen LogP contribution in [-0.2, 0) is 19.1 Å². The molecular weight excluding hydrogens is 580 g/mol. The Morgan fingerprint density at radius 2 is 1.30 bits per heavy atom. The Morgan fingerprint density at radius 3 is 1.86 bits per heavy atom. The fraction of sp³-hybridized carbons (Fsp3) is 0.481. The lowest BCUT2D eigenvalue weighted by Gasteiger charge is -2.48. The van der Waals surface area contributed by atoms with E-state index in [0.717, 1.165) is 6.08 Å². The zero-order chi connectivity index (χ0) is 32.0. The molecule has 0 unspecified atom stereocenters. The van der Waals surface area contributed by atoms with Crippen molar-refractivity contribution in [3.05, 3.63) is 58.6 Å². The second-order valence-electron chi connectivity index (χ2n) is 10.4. The number of ether oxygens (including phenoxy) is 2. The highest BCUT2D eigenvalue weighted by atomic mass is 16.6. The molecule has 0 amide bonds. The first kappa shape index (κ1) is 32.6. The maximum absolute atomic E-state index is 13.9. The van der Waals surface area contributed by atoms with Gasteiger partial charge in [-0.3, -0.25) is 9.59 Å². The average Bonchev–Trinajstić information content (AvgIpc) is 2.98. The minimum absolute atomic E-state index is 0.0879. The van der Waals surface area contributed by atoms with Gasteiger partial charge in [0.05, 0.1) is 18.8 Å². The zero-order valence-electron chi connectivity index (χ0n) is 22.2. The highest BCUT2D eigenvalue weighted by molar-refractivity contribution is 6.28. The largest absolute Gasteiger partial charge is 0.508 e. The molecule has 0 bridgehead atoms. The fourth-order valence-electron chi connectivity index (χ4n) is 5.24. The molecule has 236 valence electrons. The third kappa shape index (κ3) is 5.47. The normalized spacial score (nSPS) is 40.3. The number of aliphatic hydroxyl groups excluding tert-OH is 10. The molecule has 0 radical (unpaired) electrons. The summed E-state index contributed by atoms with van der Waals surface area (Å²) in [4.78, 5) is 27.6. The van der Waals surface area contributed by atoms with Crippen LogP contribution in [0.3, 0.4) is 0 Å². The van der Waals surface area contributed by atoms with Crippen LogP contribution >= 0.6 is 0 Å². The molecule has 0 aromatic heterocycles. The van der Waals surface area contributed by atoms with Crippen LogP contribution in [0.1, 0.15) is 5.56 Å². The Bertz CT molecular complexity index is 1320. The summed E-state index contributed by atoms with van der Waals surface area (Å²) in [7, 11) is 0. The van der Waals surface area contributed by atoms with E-state index in [4.69, 9.17) is 9.47 Å². The summed E-state index contributed by atoms with van der Waals surface area (Å²) in [6.45, 7) is -1.99. The molecule has 0 saturated carbocycles. The Morgan fingerprint density at radius 1 is 0.767 bits per heavy atom. The molecule has 2 fully saturated rings. The number of benzene rings is 1. The van der Waals surface area contributed by atoms with Gasteiger partial charge in [-0.2, -0.15) is 0 Å². The first-order valence-corrected chi connectivity index (χ1v) is 13.0. The highest BCUT2D eigenvalue weighted by Crippen LogP contribution is 2.42. The molecule has 16 heteroatoms. The van der Waals surface area contributed by atoms with Crippen LogP contribution in [0.4, 0.5) is 0 Å². The Kier molecular flexibility index (Phi) is 9.41. The molecule has 16 nitrogen and oxygen atoms in total. The second-order valence-corrected chi connectivity index (χ2v) is 10.4. The van der Waals surface area contributed by atoms with E-state index in [1.165, 1.54) is 30.3 Å². The lowest BCUT2D eigenvalue weighted by Crippen LogP contribution is -2.72. The van der Waals surface area contributed by atoms with Gasteiger partial charge in [0, 0.05) is 0 Å². The third-order valence-corrected chi connectivity index (χ3v) is 7.72. The number of hydrogen-bond donors (Lipinski definition) is 12. The van der Waals surface area contributed by atoms with Crippen molar-refractivity contribution in [3.8, 4) is 5.75 Å². The third-order valence-electron chi connectivity index (χ3n) is 7.72. The Labute approximate surface area is 242 Å². The van der Waals surface area contributed by atoms with Crippen molar-refractivity contribution in [2.75, 3.05) is 13.2 Å². The maximum atomic E-state index is 13.9. The molecule has 1 aromatic rings. The van der Waals surface area contributed by atoms with Gasteiger partial charge in [0.15, 0.2) is 0 Å². The van der Waals surface area contributed by atoms with E-state index in [9.17, 15) is 70.9 Å². The fourth-order valence-corrected chi connectivity index (χ4v) is 5.24. The number of carbonyl (C=O) groups is 2. The lowest BCUT2D eigenvalue weighted by atomic mass is 9.69. The first-order chi connectivity index (χ1) is 20.2. The number of Topliss-reactive ketones (excluding diaryl/α,β-unsaturated/α-hetero) is 2. The van der Waals surface area contributed by atoms with E-state index >= 15 is 0 Å². The molecular formula is C27H32O16. The van der Waals surface area contributed by atoms with E-state index in [-0.39, 0.29) is 5.75 Å². The van der Waals surface area contributed by atoms with E-state index in [2.05, 4.69) is 0 Å². The summed E-state index contributed by atoms with van der Waals surface area (Å²) < 4.78 is 10.6. The van der Waals surface area contributed by atoms with Crippen molar-refractivity contribution < 1.29 is 80.3 Å². The van der Waals surface area contributed by atoms with Crippen LogP contribution in [0.25, 0.3) is 6.08 Å². The highest BCUT2D eigenvalue weighted by Gasteiger charge is 2.65. The molecule has 0 spiro atoms. The Hall–Kier alpha value is -3.26. The molecule has 1 aliphatic carbocycles. The van der Waals surface area contributed by atoms with Gasteiger partial charge < -0.3 is 70.8 Å². The van der Waals surface area contributed by atoms with Crippen molar-refractivity contribution in [1.82, 2.24) is 0 Å².